The molecule has 0 atom stereocenters. The first-order valence-corrected chi connectivity index (χ1v) is 5.26. The summed E-state index contributed by atoms with van der Waals surface area (Å²) in [5.41, 5.74) is 0. The molecule has 0 saturated heterocycles. The average molecular weight is 237 g/mol. The maximum Gasteiger partial charge on any atom is 0.406 e. The van der Waals surface area contributed by atoms with Crippen molar-refractivity contribution in [2.75, 3.05) is 6.54 Å². The van der Waals surface area contributed by atoms with Gasteiger partial charge in [-0.15, -0.1) is 0 Å². The van der Waals surface area contributed by atoms with E-state index in [9.17, 15) is 22.8 Å². The Bertz CT molecular complexity index is 259. The van der Waals surface area contributed by atoms with Crippen LogP contribution in [0.2, 0.25) is 0 Å². The lowest BCUT2D eigenvalue weighted by Gasteiger charge is -2.25. The van der Waals surface area contributed by atoms with E-state index in [1.807, 2.05) is 0 Å². The molecule has 0 aliphatic heterocycles. The third-order valence-electron chi connectivity index (χ3n) is 2.71. The van der Waals surface area contributed by atoms with Crippen molar-refractivity contribution in [1.29, 1.82) is 0 Å². The Labute approximate surface area is 91.6 Å². The second kappa shape index (κ2) is 5.32. The highest BCUT2D eigenvalue weighted by Gasteiger charge is 2.35. The van der Waals surface area contributed by atoms with Crippen LogP contribution in [0.15, 0.2) is 0 Å². The number of alkyl halides is 3. The first kappa shape index (κ1) is 13.0. The van der Waals surface area contributed by atoms with Crippen molar-refractivity contribution in [3.8, 4) is 0 Å². The molecule has 1 rings (SSSR count). The molecule has 1 aliphatic rings. The van der Waals surface area contributed by atoms with Crippen molar-refractivity contribution < 1.29 is 22.8 Å². The van der Waals surface area contributed by atoms with Gasteiger partial charge in [-0.2, -0.15) is 13.2 Å². The molecule has 16 heavy (non-hydrogen) atoms. The maximum atomic E-state index is 12.1. The smallest absolute Gasteiger partial charge is 0.278 e. The van der Waals surface area contributed by atoms with Gasteiger partial charge in [0.25, 0.3) is 0 Å². The lowest BCUT2D eigenvalue weighted by molar-refractivity contribution is -0.167. The zero-order chi connectivity index (χ0) is 12.2. The van der Waals surface area contributed by atoms with Crippen LogP contribution < -0.4 is 0 Å². The molecule has 0 aromatic rings. The van der Waals surface area contributed by atoms with Crippen LogP contribution in [0.25, 0.3) is 0 Å². The average Bonchev–Trinajstić information content (AvgIpc) is 2.25. The van der Waals surface area contributed by atoms with Crippen LogP contribution >= 0.6 is 0 Å². The predicted octanol–water partition coefficient (Wildman–Crippen LogP) is 2.11. The Kier molecular flexibility index (Phi) is 4.32. The van der Waals surface area contributed by atoms with Crippen LogP contribution in [-0.4, -0.2) is 29.9 Å². The second-order valence-electron chi connectivity index (χ2n) is 4.02. The summed E-state index contributed by atoms with van der Waals surface area (Å²) in [5.74, 6) is -1.10. The second-order valence-corrected chi connectivity index (χ2v) is 4.02. The normalized spacial score (nSPS) is 18.2. The van der Waals surface area contributed by atoms with Gasteiger partial charge in [-0.25, -0.2) is 0 Å². The van der Waals surface area contributed by atoms with E-state index in [0.717, 1.165) is 19.3 Å². The molecule has 2 amide bonds. The topological polar surface area (TPSA) is 37.4 Å². The van der Waals surface area contributed by atoms with E-state index < -0.39 is 24.5 Å². The number of hydrogen-bond acceptors (Lipinski definition) is 2. The SMILES string of the molecule is O=CN(CC(F)(F)F)C(=O)C1CCCCC1. The van der Waals surface area contributed by atoms with Crippen LogP contribution in [0.1, 0.15) is 32.1 Å². The van der Waals surface area contributed by atoms with Crippen molar-refractivity contribution in [3.05, 3.63) is 0 Å². The number of carbonyl (C=O) groups excluding carboxylic acids is 2. The highest BCUT2D eigenvalue weighted by Crippen LogP contribution is 2.26. The molecule has 0 aromatic carbocycles. The summed E-state index contributed by atoms with van der Waals surface area (Å²) in [5, 5.41) is 0. The largest absolute Gasteiger partial charge is 0.406 e. The number of halogens is 3. The summed E-state index contributed by atoms with van der Waals surface area (Å²) in [6.07, 6.45) is -0.688. The van der Waals surface area contributed by atoms with Crippen LogP contribution in [0.5, 0.6) is 0 Å². The predicted molar refractivity (Wildman–Crippen MR) is 50.4 cm³/mol. The highest BCUT2D eigenvalue weighted by molar-refractivity contribution is 5.88. The van der Waals surface area contributed by atoms with Gasteiger partial charge in [0, 0.05) is 5.92 Å². The molecular weight excluding hydrogens is 223 g/mol. The maximum absolute atomic E-state index is 12.1. The molecular formula is C10H14F3NO2. The summed E-state index contributed by atoms with van der Waals surface area (Å²) >= 11 is 0. The molecule has 0 N–H and O–H groups in total. The van der Waals surface area contributed by atoms with Crippen molar-refractivity contribution in [3.63, 3.8) is 0 Å². The van der Waals surface area contributed by atoms with E-state index in [2.05, 4.69) is 0 Å². The summed E-state index contributed by atoms with van der Waals surface area (Å²) in [7, 11) is 0. The minimum absolute atomic E-state index is 0.0234. The van der Waals surface area contributed by atoms with Gasteiger partial charge in [0.15, 0.2) is 0 Å². The molecule has 1 aliphatic carbocycles. The molecule has 0 unspecified atom stereocenters. The van der Waals surface area contributed by atoms with Gasteiger partial charge in [0.05, 0.1) is 0 Å². The number of rotatable bonds is 3. The molecule has 6 heteroatoms. The van der Waals surface area contributed by atoms with Crippen molar-refractivity contribution in [2.45, 2.75) is 38.3 Å². The quantitative estimate of drug-likeness (QED) is 0.705. The van der Waals surface area contributed by atoms with E-state index in [1.165, 1.54) is 0 Å². The lowest BCUT2D eigenvalue weighted by Crippen LogP contribution is -2.41. The highest BCUT2D eigenvalue weighted by atomic mass is 19.4. The van der Waals surface area contributed by atoms with E-state index in [1.54, 1.807) is 0 Å². The Balaban J connectivity index is 2.57. The minimum Gasteiger partial charge on any atom is -0.278 e. The Morgan fingerprint density at radius 1 is 1.25 bits per heavy atom. The molecule has 3 nitrogen and oxygen atoms in total. The molecule has 1 fully saturated rings. The Morgan fingerprint density at radius 3 is 2.25 bits per heavy atom. The summed E-state index contributed by atoms with van der Waals surface area (Å²) in [6.45, 7) is -1.48. The van der Waals surface area contributed by atoms with Crippen molar-refractivity contribution in [2.24, 2.45) is 5.92 Å². The Morgan fingerprint density at radius 2 is 1.81 bits per heavy atom. The van der Waals surface area contributed by atoms with E-state index >= 15 is 0 Å². The number of imide groups is 1. The molecule has 0 heterocycles. The monoisotopic (exact) mass is 237 g/mol. The fraction of sp³-hybridized carbons (Fsp3) is 0.800. The van der Waals surface area contributed by atoms with Gasteiger partial charge in [-0.05, 0) is 12.8 Å². The molecule has 0 radical (unpaired) electrons. The fourth-order valence-corrected chi connectivity index (χ4v) is 1.94. The van der Waals surface area contributed by atoms with Crippen molar-refractivity contribution >= 4 is 12.3 Å². The summed E-state index contributed by atoms with van der Waals surface area (Å²) in [6, 6.07) is 0. The van der Waals surface area contributed by atoms with Gasteiger partial charge in [0.1, 0.15) is 6.54 Å². The molecule has 1 saturated carbocycles. The summed E-state index contributed by atoms with van der Waals surface area (Å²) in [4.78, 5) is 22.3. The van der Waals surface area contributed by atoms with Gasteiger partial charge in [0.2, 0.25) is 12.3 Å². The van der Waals surface area contributed by atoms with Crippen LogP contribution in [0.3, 0.4) is 0 Å². The van der Waals surface area contributed by atoms with Crippen LogP contribution in [0.4, 0.5) is 13.2 Å². The molecule has 0 spiro atoms. The van der Waals surface area contributed by atoms with E-state index in [-0.39, 0.29) is 11.3 Å². The third-order valence-corrected chi connectivity index (χ3v) is 2.71. The zero-order valence-corrected chi connectivity index (χ0v) is 8.79. The van der Waals surface area contributed by atoms with E-state index in [4.69, 9.17) is 0 Å². The number of carbonyl (C=O) groups is 2. The van der Waals surface area contributed by atoms with Gasteiger partial charge in [-0.1, -0.05) is 19.3 Å². The first-order chi connectivity index (χ1) is 7.44. The van der Waals surface area contributed by atoms with Gasteiger partial charge >= 0.3 is 6.18 Å². The number of hydrogen-bond donors (Lipinski definition) is 0. The third kappa shape index (κ3) is 3.83. The van der Waals surface area contributed by atoms with Crippen LogP contribution in [0, 0.1) is 5.92 Å². The summed E-state index contributed by atoms with van der Waals surface area (Å²) < 4.78 is 36.2. The van der Waals surface area contributed by atoms with Gasteiger partial charge in [-0.3, -0.25) is 14.5 Å². The van der Waals surface area contributed by atoms with Crippen LogP contribution in [-0.2, 0) is 9.59 Å². The number of amides is 2. The number of nitrogens with zero attached hydrogens (tertiary/aromatic N) is 1. The zero-order valence-electron chi connectivity index (χ0n) is 8.79. The molecule has 92 valence electrons. The van der Waals surface area contributed by atoms with Gasteiger partial charge < -0.3 is 0 Å². The van der Waals surface area contributed by atoms with Crippen molar-refractivity contribution in [1.82, 2.24) is 4.90 Å². The Hall–Kier alpha value is -1.07. The molecule has 0 aromatic heterocycles. The fourth-order valence-electron chi connectivity index (χ4n) is 1.94. The molecule has 0 bridgehead atoms. The first-order valence-electron chi connectivity index (χ1n) is 5.26. The van der Waals surface area contributed by atoms with E-state index in [0.29, 0.717) is 12.8 Å². The standard InChI is InChI=1S/C10H14F3NO2/c11-10(12,13)6-14(7-15)9(16)8-4-2-1-3-5-8/h7-8H,1-6H2. The lowest BCUT2D eigenvalue weighted by atomic mass is 9.88. The minimum atomic E-state index is -4.52.